The monoisotopic (exact) mass is 282 g/mol. The van der Waals surface area contributed by atoms with E-state index >= 15 is 0 Å². The summed E-state index contributed by atoms with van der Waals surface area (Å²) in [6.45, 7) is 6.07. The van der Waals surface area contributed by atoms with E-state index < -0.39 is 12.3 Å². The predicted molar refractivity (Wildman–Crippen MR) is 62.0 cm³/mol. The van der Waals surface area contributed by atoms with Crippen molar-refractivity contribution in [3.8, 4) is 5.88 Å². The van der Waals surface area contributed by atoms with Crippen LogP contribution in [0.25, 0.3) is 0 Å². The third-order valence-electron chi connectivity index (χ3n) is 2.32. The molecule has 0 fully saturated rings. The molecule has 0 aliphatic rings. The second-order valence-electron chi connectivity index (χ2n) is 4.26. The van der Waals surface area contributed by atoms with Gasteiger partial charge in [-0.15, -0.1) is 0 Å². The van der Waals surface area contributed by atoms with E-state index in [2.05, 4.69) is 9.97 Å². The molecule has 0 aliphatic heterocycles. The molecule has 0 bridgehead atoms. The molecule has 0 saturated heterocycles. The molecule has 0 spiro atoms. The first-order valence-corrected chi connectivity index (χ1v) is 5.78. The highest BCUT2D eigenvalue weighted by molar-refractivity contribution is 6.30. The van der Waals surface area contributed by atoms with Crippen LogP contribution in [0.4, 0.5) is 13.2 Å². The van der Waals surface area contributed by atoms with Crippen molar-refractivity contribution in [2.75, 3.05) is 0 Å². The first-order chi connectivity index (χ1) is 8.12. The van der Waals surface area contributed by atoms with Crippen LogP contribution in [0.3, 0.4) is 0 Å². The topological polar surface area (TPSA) is 35.0 Å². The van der Waals surface area contributed by atoms with Gasteiger partial charge in [-0.2, -0.15) is 18.2 Å². The Morgan fingerprint density at radius 1 is 1.17 bits per heavy atom. The summed E-state index contributed by atoms with van der Waals surface area (Å²) in [5.41, 5.74) is 0.303. The van der Waals surface area contributed by atoms with Gasteiger partial charge in [0.25, 0.3) is 0 Å². The number of alkyl halides is 3. The Kier molecular flexibility index (Phi) is 4.42. The molecule has 0 N–H and O–H groups in total. The van der Waals surface area contributed by atoms with Crippen LogP contribution in [-0.2, 0) is 0 Å². The third kappa shape index (κ3) is 3.48. The third-order valence-corrected chi connectivity index (χ3v) is 2.69. The van der Waals surface area contributed by atoms with Crippen LogP contribution in [0.2, 0.25) is 5.15 Å². The molecule has 0 radical (unpaired) electrons. The molecule has 1 aromatic rings. The molecular weight excluding hydrogens is 269 g/mol. The van der Waals surface area contributed by atoms with Crippen molar-refractivity contribution in [1.82, 2.24) is 9.97 Å². The van der Waals surface area contributed by atoms with Gasteiger partial charge >= 0.3 is 6.18 Å². The molecule has 0 aromatic carbocycles. The minimum Gasteiger partial charge on any atom is -0.465 e. The lowest BCUT2D eigenvalue weighted by Crippen LogP contribution is -2.31. The lowest BCUT2D eigenvalue weighted by Gasteiger charge is -2.19. The highest BCUT2D eigenvalue weighted by atomic mass is 35.5. The zero-order chi connectivity index (χ0) is 14.1. The van der Waals surface area contributed by atoms with Crippen molar-refractivity contribution >= 4 is 11.6 Å². The Balaban J connectivity index is 3.08. The summed E-state index contributed by atoms with van der Waals surface area (Å²) >= 11 is 5.85. The van der Waals surface area contributed by atoms with Crippen LogP contribution < -0.4 is 4.74 Å². The maximum Gasteiger partial charge on any atom is 0.425 e. The van der Waals surface area contributed by atoms with E-state index in [0.29, 0.717) is 11.4 Å². The molecule has 0 amide bonds. The quantitative estimate of drug-likeness (QED) is 0.789. The Bertz CT molecular complexity index is 435. The van der Waals surface area contributed by atoms with Gasteiger partial charge < -0.3 is 4.74 Å². The zero-order valence-electron chi connectivity index (χ0n) is 10.5. The van der Waals surface area contributed by atoms with Gasteiger partial charge in [-0.25, -0.2) is 4.98 Å². The van der Waals surface area contributed by atoms with Crippen molar-refractivity contribution in [2.24, 2.45) is 0 Å². The number of hydrogen-bond donors (Lipinski definition) is 0. The Hall–Kier alpha value is -1.04. The van der Waals surface area contributed by atoms with Crippen LogP contribution in [0.5, 0.6) is 5.88 Å². The van der Waals surface area contributed by atoms with Crippen LogP contribution in [0, 0.1) is 6.92 Å². The minimum atomic E-state index is -4.44. The average molecular weight is 283 g/mol. The summed E-state index contributed by atoms with van der Waals surface area (Å²) in [6, 6.07) is 0. The van der Waals surface area contributed by atoms with E-state index in [0.717, 1.165) is 6.92 Å². The highest BCUT2D eigenvalue weighted by Crippen LogP contribution is 2.29. The Morgan fingerprint density at radius 3 is 2.17 bits per heavy atom. The number of aromatic nitrogens is 2. The number of ether oxygens (including phenoxy) is 1. The summed E-state index contributed by atoms with van der Waals surface area (Å²) in [7, 11) is 0. The van der Waals surface area contributed by atoms with Crippen LogP contribution >= 0.6 is 11.6 Å². The molecule has 0 aliphatic carbocycles. The van der Waals surface area contributed by atoms with Crippen LogP contribution in [0.1, 0.15) is 38.1 Å². The maximum absolute atomic E-state index is 12.4. The predicted octanol–water partition coefficient (Wildman–Crippen LogP) is 3.89. The van der Waals surface area contributed by atoms with Crippen LogP contribution in [-0.4, -0.2) is 22.2 Å². The largest absolute Gasteiger partial charge is 0.465 e. The summed E-state index contributed by atoms with van der Waals surface area (Å²) in [5.74, 6) is 0.185. The van der Waals surface area contributed by atoms with Gasteiger partial charge in [-0.1, -0.05) is 25.4 Å². The van der Waals surface area contributed by atoms with Crippen molar-refractivity contribution in [1.29, 1.82) is 0 Å². The fourth-order valence-electron chi connectivity index (χ4n) is 1.09. The van der Waals surface area contributed by atoms with Gasteiger partial charge in [0, 0.05) is 11.5 Å². The maximum atomic E-state index is 12.4. The molecule has 0 saturated carbocycles. The van der Waals surface area contributed by atoms with Crippen LogP contribution in [0.15, 0.2) is 0 Å². The smallest absolute Gasteiger partial charge is 0.425 e. The standard InChI is InChI=1S/C11H14ClF3N2O/c1-5(2)9-16-8(12)6(3)10(17-9)18-7(4)11(13,14)15/h5,7H,1-4H3. The van der Waals surface area contributed by atoms with Gasteiger partial charge in [0.05, 0.1) is 0 Å². The first kappa shape index (κ1) is 15.0. The molecular formula is C11H14ClF3N2O. The van der Waals surface area contributed by atoms with Crippen molar-refractivity contribution in [2.45, 2.75) is 45.9 Å². The number of rotatable bonds is 3. The molecule has 18 heavy (non-hydrogen) atoms. The number of nitrogens with zero attached hydrogens (tertiary/aromatic N) is 2. The molecule has 1 atom stereocenters. The van der Waals surface area contributed by atoms with E-state index in [9.17, 15) is 13.2 Å². The second kappa shape index (κ2) is 5.30. The lowest BCUT2D eigenvalue weighted by atomic mass is 10.2. The number of halogens is 4. The number of hydrogen-bond acceptors (Lipinski definition) is 3. The molecule has 102 valence electrons. The Labute approximate surface area is 108 Å². The normalized spacial score (nSPS) is 13.8. The van der Waals surface area contributed by atoms with E-state index in [4.69, 9.17) is 16.3 Å². The van der Waals surface area contributed by atoms with E-state index in [1.807, 2.05) is 13.8 Å². The molecule has 1 heterocycles. The fourth-order valence-corrected chi connectivity index (χ4v) is 1.26. The van der Waals surface area contributed by atoms with E-state index in [1.54, 1.807) is 0 Å². The van der Waals surface area contributed by atoms with E-state index in [1.165, 1.54) is 6.92 Å². The van der Waals surface area contributed by atoms with Crippen molar-refractivity contribution in [3.63, 3.8) is 0 Å². The molecule has 1 rings (SSSR count). The van der Waals surface area contributed by atoms with Gasteiger partial charge in [0.2, 0.25) is 5.88 Å². The summed E-state index contributed by atoms with van der Waals surface area (Å²) in [4.78, 5) is 7.96. The lowest BCUT2D eigenvalue weighted by molar-refractivity contribution is -0.190. The van der Waals surface area contributed by atoms with Gasteiger partial charge in [0.1, 0.15) is 11.0 Å². The fraction of sp³-hybridized carbons (Fsp3) is 0.636. The Morgan fingerprint density at radius 2 is 1.72 bits per heavy atom. The molecule has 1 aromatic heterocycles. The van der Waals surface area contributed by atoms with Gasteiger partial charge in [-0.3, -0.25) is 0 Å². The summed E-state index contributed by atoms with van der Waals surface area (Å²) in [6.07, 6.45) is -6.39. The summed E-state index contributed by atoms with van der Waals surface area (Å²) in [5, 5.41) is 0.109. The highest BCUT2D eigenvalue weighted by Gasteiger charge is 2.38. The minimum absolute atomic E-state index is 0.0494. The van der Waals surface area contributed by atoms with Gasteiger partial charge in [-0.05, 0) is 13.8 Å². The van der Waals surface area contributed by atoms with Gasteiger partial charge in [0.15, 0.2) is 6.10 Å². The first-order valence-electron chi connectivity index (χ1n) is 5.40. The zero-order valence-corrected chi connectivity index (χ0v) is 11.2. The SMILES string of the molecule is Cc1c(Cl)nc(C(C)C)nc1OC(C)C(F)(F)F. The van der Waals surface area contributed by atoms with Crippen molar-refractivity contribution < 1.29 is 17.9 Å². The van der Waals surface area contributed by atoms with Crippen molar-refractivity contribution in [3.05, 3.63) is 16.5 Å². The average Bonchev–Trinajstić information content (AvgIpc) is 2.22. The second-order valence-corrected chi connectivity index (χ2v) is 4.62. The summed E-state index contributed by atoms with van der Waals surface area (Å²) < 4.78 is 42.1. The molecule has 1 unspecified atom stereocenters. The molecule has 7 heteroatoms. The van der Waals surface area contributed by atoms with E-state index in [-0.39, 0.29) is 17.0 Å². The molecule has 3 nitrogen and oxygen atoms in total.